The predicted molar refractivity (Wildman–Crippen MR) is 71.0 cm³/mol. The number of sulfonamides is 1. The average Bonchev–Trinajstić information content (AvgIpc) is 2.36. The maximum atomic E-state index is 12.0. The zero-order valence-electron chi connectivity index (χ0n) is 11.1. The summed E-state index contributed by atoms with van der Waals surface area (Å²) in [5, 5.41) is 18.1. The van der Waals surface area contributed by atoms with E-state index in [2.05, 4.69) is 0 Å². The van der Waals surface area contributed by atoms with Gasteiger partial charge in [-0.1, -0.05) is 0 Å². The SMILES string of the molecule is CCOc1ccc(S(=O)(=O)NC(C(=O)O)C(C)O)cc1. The Morgan fingerprint density at radius 3 is 2.30 bits per heavy atom. The highest BCUT2D eigenvalue weighted by Crippen LogP contribution is 2.16. The lowest BCUT2D eigenvalue weighted by atomic mass is 10.2. The van der Waals surface area contributed by atoms with Crippen molar-refractivity contribution in [3.8, 4) is 5.75 Å². The van der Waals surface area contributed by atoms with Gasteiger partial charge in [-0.15, -0.1) is 0 Å². The van der Waals surface area contributed by atoms with Crippen molar-refractivity contribution in [3.63, 3.8) is 0 Å². The fourth-order valence-electron chi connectivity index (χ4n) is 1.47. The second-order valence-electron chi connectivity index (χ2n) is 4.08. The van der Waals surface area contributed by atoms with E-state index in [1.807, 2.05) is 4.72 Å². The van der Waals surface area contributed by atoms with E-state index in [0.717, 1.165) is 0 Å². The van der Waals surface area contributed by atoms with E-state index in [1.165, 1.54) is 31.2 Å². The van der Waals surface area contributed by atoms with Crippen LogP contribution >= 0.6 is 0 Å². The van der Waals surface area contributed by atoms with Crippen molar-refractivity contribution in [3.05, 3.63) is 24.3 Å². The molecular formula is C12H17NO6S. The molecule has 0 radical (unpaired) electrons. The minimum absolute atomic E-state index is 0.104. The summed E-state index contributed by atoms with van der Waals surface area (Å²) in [6.45, 7) is 3.44. The molecule has 2 unspecified atom stereocenters. The highest BCUT2D eigenvalue weighted by Gasteiger charge is 2.29. The molecule has 3 N–H and O–H groups in total. The number of aliphatic hydroxyl groups is 1. The Hall–Kier alpha value is -1.64. The molecule has 8 heteroatoms. The standard InChI is InChI=1S/C12H17NO6S/c1-3-19-9-4-6-10(7-5-9)20(17,18)13-11(8(2)14)12(15)16/h4-8,11,13-14H,3H2,1-2H3,(H,15,16). The smallest absolute Gasteiger partial charge is 0.324 e. The zero-order valence-corrected chi connectivity index (χ0v) is 11.9. The second-order valence-corrected chi connectivity index (χ2v) is 5.80. The summed E-state index contributed by atoms with van der Waals surface area (Å²) < 4.78 is 31.1. The van der Waals surface area contributed by atoms with Gasteiger partial charge in [0.1, 0.15) is 11.8 Å². The second kappa shape index (κ2) is 6.69. The summed E-state index contributed by atoms with van der Waals surface area (Å²) in [7, 11) is -4.03. The molecule has 0 saturated heterocycles. The summed E-state index contributed by atoms with van der Waals surface area (Å²) in [4.78, 5) is 10.8. The van der Waals surface area contributed by atoms with Crippen molar-refractivity contribution in [1.29, 1.82) is 0 Å². The molecule has 1 aromatic rings. The van der Waals surface area contributed by atoms with Crippen LogP contribution in [0.4, 0.5) is 0 Å². The van der Waals surface area contributed by atoms with Gasteiger partial charge in [-0.3, -0.25) is 4.79 Å². The van der Waals surface area contributed by atoms with Gasteiger partial charge >= 0.3 is 5.97 Å². The van der Waals surface area contributed by atoms with Crippen LogP contribution in [0.3, 0.4) is 0 Å². The van der Waals surface area contributed by atoms with Gasteiger partial charge < -0.3 is 14.9 Å². The fraction of sp³-hybridized carbons (Fsp3) is 0.417. The molecule has 0 aliphatic heterocycles. The highest BCUT2D eigenvalue weighted by molar-refractivity contribution is 7.89. The van der Waals surface area contributed by atoms with Crippen molar-refractivity contribution in [2.24, 2.45) is 0 Å². The zero-order chi connectivity index (χ0) is 15.3. The molecular weight excluding hydrogens is 286 g/mol. The number of benzene rings is 1. The molecule has 0 fully saturated rings. The summed E-state index contributed by atoms with van der Waals surface area (Å²) >= 11 is 0. The third-order valence-electron chi connectivity index (χ3n) is 2.48. The molecule has 0 amide bonds. The first-order valence-electron chi connectivity index (χ1n) is 5.94. The Morgan fingerprint density at radius 2 is 1.90 bits per heavy atom. The first kappa shape index (κ1) is 16.4. The first-order chi connectivity index (χ1) is 9.27. The lowest BCUT2D eigenvalue weighted by Gasteiger charge is -2.17. The number of nitrogens with one attached hydrogen (secondary N) is 1. The number of ether oxygens (including phenoxy) is 1. The number of carboxylic acids is 1. The fourth-order valence-corrected chi connectivity index (χ4v) is 2.73. The van der Waals surface area contributed by atoms with Crippen molar-refractivity contribution in [1.82, 2.24) is 4.72 Å². The number of carbonyl (C=O) groups is 1. The highest BCUT2D eigenvalue weighted by atomic mass is 32.2. The predicted octanol–water partition coefficient (Wildman–Crippen LogP) is 0.198. The Labute approximate surface area is 117 Å². The van der Waals surface area contributed by atoms with Crippen LogP contribution in [0.5, 0.6) is 5.75 Å². The molecule has 0 aromatic heterocycles. The maximum absolute atomic E-state index is 12.0. The first-order valence-corrected chi connectivity index (χ1v) is 7.42. The number of hydrogen-bond acceptors (Lipinski definition) is 5. The number of rotatable bonds is 7. The molecule has 0 heterocycles. The van der Waals surface area contributed by atoms with Crippen LogP contribution in [0.1, 0.15) is 13.8 Å². The topological polar surface area (TPSA) is 113 Å². The largest absolute Gasteiger partial charge is 0.494 e. The lowest BCUT2D eigenvalue weighted by molar-refractivity contribution is -0.141. The average molecular weight is 303 g/mol. The van der Waals surface area contributed by atoms with Crippen molar-refractivity contribution in [2.75, 3.05) is 6.61 Å². The van der Waals surface area contributed by atoms with E-state index in [-0.39, 0.29) is 4.90 Å². The van der Waals surface area contributed by atoms with Crippen LogP contribution in [-0.2, 0) is 14.8 Å². The van der Waals surface area contributed by atoms with Gasteiger partial charge in [0.25, 0.3) is 0 Å². The maximum Gasteiger partial charge on any atom is 0.324 e. The van der Waals surface area contributed by atoms with Crippen LogP contribution in [0.25, 0.3) is 0 Å². The van der Waals surface area contributed by atoms with Gasteiger partial charge in [-0.2, -0.15) is 4.72 Å². The van der Waals surface area contributed by atoms with Gasteiger partial charge in [-0.05, 0) is 38.1 Å². The molecule has 0 aliphatic rings. The quantitative estimate of drug-likeness (QED) is 0.663. The number of aliphatic carboxylic acids is 1. The third-order valence-corrected chi connectivity index (χ3v) is 3.93. The molecule has 1 aromatic carbocycles. The van der Waals surface area contributed by atoms with E-state index in [1.54, 1.807) is 6.92 Å². The van der Waals surface area contributed by atoms with Crippen LogP contribution in [0.15, 0.2) is 29.2 Å². The van der Waals surface area contributed by atoms with E-state index in [0.29, 0.717) is 12.4 Å². The van der Waals surface area contributed by atoms with Gasteiger partial charge in [-0.25, -0.2) is 8.42 Å². The van der Waals surface area contributed by atoms with Crippen LogP contribution in [0, 0.1) is 0 Å². The van der Waals surface area contributed by atoms with E-state index < -0.39 is 28.1 Å². The summed E-state index contributed by atoms with van der Waals surface area (Å²) in [5.41, 5.74) is 0. The molecule has 0 bridgehead atoms. The van der Waals surface area contributed by atoms with Crippen molar-refractivity contribution < 1.29 is 28.2 Å². The molecule has 7 nitrogen and oxygen atoms in total. The molecule has 20 heavy (non-hydrogen) atoms. The molecule has 0 spiro atoms. The number of hydrogen-bond donors (Lipinski definition) is 3. The lowest BCUT2D eigenvalue weighted by Crippen LogP contribution is -2.47. The number of carboxylic acid groups (broad SMARTS) is 1. The molecule has 1 rings (SSSR count). The van der Waals surface area contributed by atoms with Gasteiger partial charge in [0.2, 0.25) is 10.0 Å². The summed E-state index contributed by atoms with van der Waals surface area (Å²) in [6.07, 6.45) is -1.36. The van der Waals surface area contributed by atoms with E-state index >= 15 is 0 Å². The van der Waals surface area contributed by atoms with Crippen molar-refractivity contribution in [2.45, 2.75) is 30.9 Å². The molecule has 112 valence electrons. The Bertz CT molecular complexity index is 552. The molecule has 2 atom stereocenters. The van der Waals surface area contributed by atoms with E-state index in [9.17, 15) is 18.3 Å². The Kier molecular flexibility index (Phi) is 5.49. The Morgan fingerprint density at radius 1 is 1.35 bits per heavy atom. The van der Waals surface area contributed by atoms with Crippen LogP contribution in [-0.4, -0.2) is 43.4 Å². The van der Waals surface area contributed by atoms with Gasteiger partial charge in [0.05, 0.1) is 17.6 Å². The molecule has 0 aliphatic carbocycles. The van der Waals surface area contributed by atoms with Crippen LogP contribution < -0.4 is 9.46 Å². The minimum Gasteiger partial charge on any atom is -0.494 e. The number of aliphatic hydroxyl groups excluding tert-OH is 1. The van der Waals surface area contributed by atoms with Gasteiger partial charge in [0, 0.05) is 0 Å². The normalized spacial score (nSPS) is 14.6. The van der Waals surface area contributed by atoms with Crippen LogP contribution in [0.2, 0.25) is 0 Å². The summed E-state index contributed by atoms with van der Waals surface area (Å²) in [6, 6.07) is 3.93. The third kappa shape index (κ3) is 4.19. The van der Waals surface area contributed by atoms with E-state index in [4.69, 9.17) is 9.84 Å². The Balaban J connectivity index is 2.95. The molecule has 0 saturated carbocycles. The van der Waals surface area contributed by atoms with Gasteiger partial charge in [0.15, 0.2) is 0 Å². The minimum atomic E-state index is -4.03. The summed E-state index contributed by atoms with van der Waals surface area (Å²) in [5.74, 6) is -0.939. The van der Waals surface area contributed by atoms with Crippen molar-refractivity contribution >= 4 is 16.0 Å². The monoisotopic (exact) mass is 303 g/mol.